The van der Waals surface area contributed by atoms with Gasteiger partial charge in [0.05, 0.1) is 11.9 Å². The standard InChI is InChI=1S/2C7H5IO2.Ca/c2*8-6-3-1-2-5(4-6)7(9)10;/h2*1-4H,(H,9,10);/q;;+2/p-2. The average molecular weight is 534 g/mol. The number of carboxylic acid groups (broad SMARTS) is 2. The van der Waals surface area contributed by atoms with Crippen LogP contribution in [0.1, 0.15) is 20.7 Å². The Morgan fingerprint density at radius 1 is 0.762 bits per heavy atom. The summed E-state index contributed by atoms with van der Waals surface area (Å²) < 4.78 is 1.80. The number of carboxylic acids is 2. The molecule has 7 heteroatoms. The summed E-state index contributed by atoms with van der Waals surface area (Å²) in [5, 5.41) is 20.5. The van der Waals surface area contributed by atoms with Gasteiger partial charge in [0.15, 0.2) is 0 Å². The summed E-state index contributed by atoms with van der Waals surface area (Å²) in [6, 6.07) is 13.2. The van der Waals surface area contributed by atoms with Gasteiger partial charge in [-0.15, -0.1) is 0 Å². The van der Waals surface area contributed by atoms with Crippen LogP contribution in [0, 0.1) is 7.14 Å². The quantitative estimate of drug-likeness (QED) is 0.425. The van der Waals surface area contributed by atoms with Crippen molar-refractivity contribution in [3.8, 4) is 0 Å². The summed E-state index contributed by atoms with van der Waals surface area (Å²) >= 11 is 4.10. The first-order chi connectivity index (χ1) is 9.40. The van der Waals surface area contributed by atoms with Gasteiger partial charge >= 0.3 is 37.7 Å². The molecule has 0 amide bonds. The summed E-state index contributed by atoms with van der Waals surface area (Å²) in [7, 11) is 0. The molecular formula is C14H8CaI2O4. The number of carbonyl (C=O) groups is 2. The molecule has 2 aromatic rings. The molecule has 21 heavy (non-hydrogen) atoms. The van der Waals surface area contributed by atoms with Crippen LogP contribution in [0.4, 0.5) is 0 Å². The second kappa shape index (κ2) is 10.8. The molecule has 0 heterocycles. The predicted octanol–water partition coefficient (Wildman–Crippen LogP) is 0.929. The van der Waals surface area contributed by atoms with E-state index < -0.39 is 11.9 Å². The van der Waals surface area contributed by atoms with E-state index in [9.17, 15) is 19.8 Å². The largest absolute Gasteiger partial charge is 2.00 e. The Bertz CT molecular complexity index is 576. The van der Waals surface area contributed by atoms with Crippen molar-refractivity contribution in [1.29, 1.82) is 0 Å². The van der Waals surface area contributed by atoms with Gasteiger partial charge in [-0.05, 0) is 80.6 Å². The first kappa shape index (κ1) is 21.1. The zero-order chi connectivity index (χ0) is 15.1. The minimum atomic E-state index is -1.13. The van der Waals surface area contributed by atoms with Crippen LogP contribution in [0.25, 0.3) is 0 Å². The third-order valence-corrected chi connectivity index (χ3v) is 3.46. The topological polar surface area (TPSA) is 80.3 Å². The molecular weight excluding hydrogens is 526 g/mol. The minimum absolute atomic E-state index is 0. The van der Waals surface area contributed by atoms with Crippen LogP contribution >= 0.6 is 45.2 Å². The third-order valence-electron chi connectivity index (χ3n) is 2.12. The van der Waals surface area contributed by atoms with Gasteiger partial charge in [0.2, 0.25) is 0 Å². The summed E-state index contributed by atoms with van der Waals surface area (Å²) in [6.45, 7) is 0. The van der Waals surface area contributed by atoms with Crippen molar-refractivity contribution in [2.75, 3.05) is 0 Å². The summed E-state index contributed by atoms with van der Waals surface area (Å²) in [6.07, 6.45) is 0. The maximum Gasteiger partial charge on any atom is 2.00 e. The van der Waals surface area contributed by atoms with Crippen molar-refractivity contribution < 1.29 is 19.8 Å². The molecule has 0 aliphatic carbocycles. The maximum atomic E-state index is 10.2. The summed E-state index contributed by atoms with van der Waals surface area (Å²) in [5.41, 5.74) is 0.457. The Morgan fingerprint density at radius 2 is 1.10 bits per heavy atom. The fourth-order valence-electron chi connectivity index (χ4n) is 1.23. The van der Waals surface area contributed by atoms with E-state index in [0.717, 1.165) is 7.14 Å². The van der Waals surface area contributed by atoms with Crippen LogP contribution in [0.3, 0.4) is 0 Å². The zero-order valence-electron chi connectivity index (χ0n) is 10.7. The predicted molar refractivity (Wildman–Crippen MR) is 92.7 cm³/mol. The van der Waals surface area contributed by atoms with Crippen LogP contribution < -0.4 is 10.2 Å². The minimum Gasteiger partial charge on any atom is -0.545 e. The maximum absolute atomic E-state index is 10.2. The molecule has 0 radical (unpaired) electrons. The van der Waals surface area contributed by atoms with Crippen LogP contribution in [-0.2, 0) is 0 Å². The zero-order valence-corrected chi connectivity index (χ0v) is 17.2. The molecule has 2 rings (SSSR count). The van der Waals surface area contributed by atoms with Gasteiger partial charge in [-0.3, -0.25) is 0 Å². The monoisotopic (exact) mass is 534 g/mol. The Morgan fingerprint density at radius 3 is 1.29 bits per heavy atom. The molecule has 104 valence electrons. The van der Waals surface area contributed by atoms with E-state index in [-0.39, 0.29) is 48.9 Å². The van der Waals surface area contributed by atoms with Gasteiger partial charge in [-0.25, -0.2) is 0 Å². The number of hydrogen-bond acceptors (Lipinski definition) is 4. The molecule has 0 aromatic heterocycles. The molecule has 0 unspecified atom stereocenters. The van der Waals surface area contributed by atoms with E-state index in [1.807, 2.05) is 57.3 Å². The molecule has 4 nitrogen and oxygen atoms in total. The van der Waals surface area contributed by atoms with Crippen LogP contribution in [-0.4, -0.2) is 49.7 Å². The van der Waals surface area contributed by atoms with Crippen molar-refractivity contribution in [3.05, 3.63) is 66.8 Å². The smallest absolute Gasteiger partial charge is 0.545 e. The van der Waals surface area contributed by atoms with E-state index in [0.29, 0.717) is 0 Å². The van der Waals surface area contributed by atoms with Crippen molar-refractivity contribution >= 4 is 94.9 Å². The molecule has 0 atom stereocenters. The number of carbonyl (C=O) groups excluding carboxylic acids is 2. The van der Waals surface area contributed by atoms with Crippen molar-refractivity contribution in [3.63, 3.8) is 0 Å². The van der Waals surface area contributed by atoms with Gasteiger partial charge < -0.3 is 19.8 Å². The van der Waals surface area contributed by atoms with Crippen LogP contribution in [0.15, 0.2) is 48.5 Å². The van der Waals surface area contributed by atoms with Gasteiger partial charge in [0.1, 0.15) is 0 Å². The number of halogens is 2. The van der Waals surface area contributed by atoms with Crippen molar-refractivity contribution in [2.24, 2.45) is 0 Å². The molecule has 0 bridgehead atoms. The van der Waals surface area contributed by atoms with E-state index in [4.69, 9.17) is 0 Å². The van der Waals surface area contributed by atoms with E-state index in [1.165, 1.54) is 12.1 Å². The first-order valence-corrected chi connectivity index (χ1v) is 7.49. The molecule has 0 aliphatic heterocycles. The van der Waals surface area contributed by atoms with Crippen molar-refractivity contribution in [2.45, 2.75) is 0 Å². The summed E-state index contributed by atoms with van der Waals surface area (Å²) in [4.78, 5) is 20.5. The van der Waals surface area contributed by atoms with E-state index in [1.54, 1.807) is 24.3 Å². The molecule has 2 aromatic carbocycles. The Balaban J connectivity index is 0.000000364. The molecule has 0 spiro atoms. The molecule has 0 aliphatic rings. The average Bonchev–Trinajstić information content (AvgIpc) is 2.39. The van der Waals surface area contributed by atoms with Gasteiger partial charge in [-0.2, -0.15) is 0 Å². The second-order valence-electron chi connectivity index (χ2n) is 3.60. The van der Waals surface area contributed by atoms with Crippen LogP contribution in [0.2, 0.25) is 0 Å². The number of hydrogen-bond donors (Lipinski definition) is 0. The SMILES string of the molecule is O=C([O-])c1cccc(I)c1.O=C([O-])c1cccc(I)c1.[Ca+2]. The van der Waals surface area contributed by atoms with Crippen LogP contribution in [0.5, 0.6) is 0 Å². The summed E-state index contributed by atoms with van der Waals surface area (Å²) in [5.74, 6) is -2.25. The Kier molecular flexibility index (Phi) is 10.8. The fourth-order valence-corrected chi connectivity index (χ4v) is 2.32. The first-order valence-electron chi connectivity index (χ1n) is 5.34. The van der Waals surface area contributed by atoms with Gasteiger partial charge in [0, 0.05) is 7.14 Å². The Labute approximate surface area is 179 Å². The number of rotatable bonds is 2. The van der Waals surface area contributed by atoms with Gasteiger partial charge in [-0.1, -0.05) is 24.3 Å². The Hall–Kier alpha value is 0.0997. The third kappa shape index (κ3) is 8.34. The fraction of sp³-hybridized carbons (Fsp3) is 0. The van der Waals surface area contributed by atoms with Gasteiger partial charge in [0.25, 0.3) is 0 Å². The second-order valence-corrected chi connectivity index (χ2v) is 6.09. The molecule has 0 fully saturated rings. The van der Waals surface area contributed by atoms with E-state index in [2.05, 4.69) is 0 Å². The molecule has 0 saturated heterocycles. The van der Waals surface area contributed by atoms with E-state index >= 15 is 0 Å². The number of aromatic carboxylic acids is 2. The molecule has 0 N–H and O–H groups in total. The van der Waals surface area contributed by atoms with Crippen molar-refractivity contribution in [1.82, 2.24) is 0 Å². The normalized spacial score (nSPS) is 8.86. The number of benzene rings is 2. The molecule has 0 saturated carbocycles.